The van der Waals surface area contributed by atoms with E-state index in [9.17, 15) is 15.2 Å². The van der Waals surface area contributed by atoms with E-state index in [-0.39, 0.29) is 17.5 Å². The number of aliphatic hydroxyl groups excluding tert-OH is 1. The molecule has 1 atom stereocenters. The van der Waals surface area contributed by atoms with Gasteiger partial charge in [0.2, 0.25) is 5.82 Å². The molecule has 8 heteroatoms. The molecule has 0 aliphatic heterocycles. The molecule has 2 rings (SSSR count). The molecule has 0 aliphatic carbocycles. The summed E-state index contributed by atoms with van der Waals surface area (Å²) in [4.78, 5) is 14.7. The molecule has 2 aromatic rings. The first kappa shape index (κ1) is 16.8. The Kier molecular flexibility index (Phi) is 5.82. The van der Waals surface area contributed by atoms with Crippen LogP contribution in [-0.2, 0) is 6.54 Å². The molecule has 1 heterocycles. The number of hydrogen-bond donors (Lipinski definition) is 1. The monoisotopic (exact) mass is 341 g/mol. The highest BCUT2D eigenvalue weighted by molar-refractivity contribution is 7.99. The van der Waals surface area contributed by atoms with Crippen LogP contribution in [0.25, 0.3) is 0 Å². The molecule has 0 unspecified atom stereocenters. The zero-order valence-electron chi connectivity index (χ0n) is 12.0. The highest BCUT2D eigenvalue weighted by Crippen LogP contribution is 2.31. The summed E-state index contributed by atoms with van der Waals surface area (Å²) >= 11 is 6.77. The van der Waals surface area contributed by atoms with E-state index >= 15 is 0 Å². The lowest BCUT2D eigenvalue weighted by Gasteiger charge is -2.10. The van der Waals surface area contributed by atoms with E-state index in [0.29, 0.717) is 17.4 Å². The van der Waals surface area contributed by atoms with Crippen LogP contribution < -0.4 is 0 Å². The Morgan fingerprint density at radius 1 is 1.45 bits per heavy atom. The molecule has 1 aromatic heterocycles. The predicted molar refractivity (Wildman–Crippen MR) is 86.6 cm³/mol. The van der Waals surface area contributed by atoms with Crippen LogP contribution in [0.5, 0.6) is 0 Å². The summed E-state index contributed by atoms with van der Waals surface area (Å²) in [5.41, 5.74) is 1.03. The molecule has 0 saturated carbocycles. The number of hydrogen-bond acceptors (Lipinski definition) is 5. The lowest BCUT2D eigenvalue weighted by Crippen LogP contribution is -2.12. The lowest BCUT2D eigenvalue weighted by molar-refractivity contribution is -0.392. The van der Waals surface area contributed by atoms with E-state index in [1.54, 1.807) is 11.5 Å². The number of aryl methyl sites for hydroxylation is 1. The van der Waals surface area contributed by atoms with Crippen molar-refractivity contribution < 1.29 is 10.0 Å². The van der Waals surface area contributed by atoms with Crippen molar-refractivity contribution in [3.63, 3.8) is 0 Å². The first-order valence-corrected chi connectivity index (χ1v) is 8.17. The summed E-state index contributed by atoms with van der Waals surface area (Å²) in [6.07, 6.45) is -0.716. The van der Waals surface area contributed by atoms with E-state index < -0.39 is 11.0 Å². The third-order valence-corrected chi connectivity index (χ3v) is 4.63. The smallest absolute Gasteiger partial charge is 0.391 e. The van der Waals surface area contributed by atoms with Gasteiger partial charge in [-0.1, -0.05) is 42.1 Å². The summed E-state index contributed by atoms with van der Waals surface area (Å²) < 4.78 is 1.79. The second kappa shape index (κ2) is 7.62. The van der Waals surface area contributed by atoms with Crippen LogP contribution in [0.1, 0.15) is 11.4 Å². The van der Waals surface area contributed by atoms with Gasteiger partial charge in [0.1, 0.15) is 0 Å². The summed E-state index contributed by atoms with van der Waals surface area (Å²) in [5.74, 6) is 0.760. The van der Waals surface area contributed by atoms with E-state index in [1.807, 2.05) is 30.3 Å². The molecule has 0 fully saturated rings. The average Bonchev–Trinajstić information content (AvgIpc) is 2.82. The number of aromatic nitrogens is 2. The van der Waals surface area contributed by atoms with Crippen molar-refractivity contribution in [1.29, 1.82) is 0 Å². The van der Waals surface area contributed by atoms with Gasteiger partial charge in [0.15, 0.2) is 5.03 Å². The molecule has 0 amide bonds. The number of nitro groups is 1. The Labute approximate surface area is 137 Å². The van der Waals surface area contributed by atoms with Crippen LogP contribution in [0.15, 0.2) is 35.4 Å². The first-order chi connectivity index (χ1) is 10.5. The summed E-state index contributed by atoms with van der Waals surface area (Å²) in [6, 6.07) is 9.65. The molecule has 0 saturated heterocycles. The Bertz CT molecular complexity index is 648. The molecular formula is C14H16ClN3O3S. The van der Waals surface area contributed by atoms with Crippen LogP contribution in [0.4, 0.5) is 5.82 Å². The summed E-state index contributed by atoms with van der Waals surface area (Å²) in [7, 11) is 0. The fourth-order valence-corrected chi connectivity index (χ4v) is 3.27. The Morgan fingerprint density at radius 2 is 2.14 bits per heavy atom. The number of aliphatic hydroxyl groups is 1. The number of imidazole rings is 1. The van der Waals surface area contributed by atoms with Gasteiger partial charge in [-0.25, -0.2) is 0 Å². The largest absolute Gasteiger partial charge is 0.396 e. The van der Waals surface area contributed by atoms with Gasteiger partial charge in [-0.15, -0.1) is 11.6 Å². The van der Waals surface area contributed by atoms with Crippen molar-refractivity contribution >= 4 is 29.2 Å². The molecule has 0 aliphatic rings. The van der Waals surface area contributed by atoms with E-state index in [4.69, 9.17) is 11.6 Å². The van der Waals surface area contributed by atoms with Crippen molar-refractivity contribution in [2.24, 2.45) is 0 Å². The number of alkyl halides is 1. The third kappa shape index (κ3) is 4.00. The molecule has 118 valence electrons. The fraction of sp³-hybridized carbons (Fsp3) is 0.357. The third-order valence-electron chi connectivity index (χ3n) is 3.04. The van der Waals surface area contributed by atoms with Crippen LogP contribution in [0.3, 0.4) is 0 Å². The van der Waals surface area contributed by atoms with Crippen molar-refractivity contribution in [3.05, 3.63) is 51.8 Å². The van der Waals surface area contributed by atoms with Gasteiger partial charge in [0, 0.05) is 18.6 Å². The molecule has 0 radical (unpaired) electrons. The number of rotatable bonds is 7. The molecule has 1 aromatic carbocycles. The zero-order valence-corrected chi connectivity index (χ0v) is 13.5. The van der Waals surface area contributed by atoms with Gasteiger partial charge in [-0.05, 0) is 15.5 Å². The maximum Gasteiger partial charge on any atom is 0.396 e. The van der Waals surface area contributed by atoms with Gasteiger partial charge < -0.3 is 15.2 Å². The Morgan fingerprint density at radius 3 is 2.73 bits per heavy atom. The highest BCUT2D eigenvalue weighted by atomic mass is 35.5. The predicted octanol–water partition coefficient (Wildman–Crippen LogP) is 2.84. The average molecular weight is 342 g/mol. The van der Waals surface area contributed by atoms with E-state index in [0.717, 1.165) is 5.56 Å². The van der Waals surface area contributed by atoms with Crippen LogP contribution in [0, 0.1) is 17.0 Å². The maximum atomic E-state index is 11.2. The minimum Gasteiger partial charge on any atom is -0.391 e. The first-order valence-electron chi connectivity index (χ1n) is 6.65. The van der Waals surface area contributed by atoms with Gasteiger partial charge >= 0.3 is 5.82 Å². The molecule has 6 nitrogen and oxygen atoms in total. The molecule has 22 heavy (non-hydrogen) atoms. The molecule has 0 spiro atoms. The van der Waals surface area contributed by atoms with Crippen LogP contribution in [-0.4, -0.2) is 37.3 Å². The van der Waals surface area contributed by atoms with Gasteiger partial charge in [0.05, 0.1) is 12.6 Å². The van der Waals surface area contributed by atoms with Gasteiger partial charge in [0.25, 0.3) is 0 Å². The van der Waals surface area contributed by atoms with Gasteiger partial charge in [-0.2, -0.15) is 0 Å². The minimum atomic E-state index is -0.716. The molecule has 1 N–H and O–H groups in total. The number of halogens is 1. The molecule has 0 bridgehead atoms. The van der Waals surface area contributed by atoms with Crippen molar-refractivity contribution in [2.75, 3.05) is 11.6 Å². The highest BCUT2D eigenvalue weighted by Gasteiger charge is 2.26. The number of benzene rings is 1. The second-order valence-electron chi connectivity index (χ2n) is 4.74. The topological polar surface area (TPSA) is 81.2 Å². The summed E-state index contributed by atoms with van der Waals surface area (Å²) in [6.45, 7) is 2.23. The minimum absolute atomic E-state index is 0.0899. The second-order valence-corrected chi connectivity index (χ2v) is 6.05. The summed E-state index contributed by atoms with van der Waals surface area (Å²) in [5, 5.41) is 21.2. The van der Waals surface area contributed by atoms with Crippen LogP contribution in [0.2, 0.25) is 0 Å². The van der Waals surface area contributed by atoms with Crippen molar-refractivity contribution in [1.82, 2.24) is 9.55 Å². The Balaban J connectivity index is 2.32. The number of nitrogens with zero attached hydrogens (tertiary/aromatic N) is 3. The van der Waals surface area contributed by atoms with Gasteiger partial charge in [-0.3, -0.25) is 4.57 Å². The lowest BCUT2D eigenvalue weighted by atomic mass is 10.2. The molecular weight excluding hydrogens is 326 g/mol. The van der Waals surface area contributed by atoms with Crippen molar-refractivity contribution in [3.8, 4) is 0 Å². The quantitative estimate of drug-likeness (QED) is 0.362. The van der Waals surface area contributed by atoms with E-state index in [2.05, 4.69) is 4.98 Å². The fourth-order valence-electron chi connectivity index (χ4n) is 1.96. The van der Waals surface area contributed by atoms with Crippen molar-refractivity contribution in [2.45, 2.75) is 24.6 Å². The van der Waals surface area contributed by atoms with E-state index in [1.165, 1.54) is 11.8 Å². The standard InChI is InChI=1S/C14H16ClN3O3S/c1-10-16-13(18(20)21)14(22-9-12(19)7-15)17(10)8-11-5-3-2-4-6-11/h2-6,12,19H,7-9H2,1H3/t12-/m0/s1. The Hall–Kier alpha value is -1.57. The van der Waals surface area contributed by atoms with Crippen LogP contribution >= 0.6 is 23.4 Å². The maximum absolute atomic E-state index is 11.2. The zero-order chi connectivity index (χ0) is 16.1. The number of thioether (sulfide) groups is 1. The SMILES string of the molecule is Cc1nc([N+](=O)[O-])c(SC[C@@H](O)CCl)n1Cc1ccccc1. The normalized spacial score (nSPS) is 12.3.